The maximum absolute atomic E-state index is 12.6. The first kappa shape index (κ1) is 20.1. The molecule has 1 aliphatic rings. The van der Waals surface area contributed by atoms with Crippen LogP contribution in [0.4, 0.5) is 0 Å². The molecule has 0 fully saturated rings. The molecule has 1 unspecified atom stereocenters. The van der Waals surface area contributed by atoms with Gasteiger partial charge in [0.2, 0.25) is 11.8 Å². The summed E-state index contributed by atoms with van der Waals surface area (Å²) < 4.78 is 0. The maximum Gasteiger partial charge on any atom is 0.222 e. The molecule has 28 heavy (non-hydrogen) atoms. The maximum atomic E-state index is 12.6. The number of carbonyl (C=O) groups excluding carboxylic acids is 2. The second-order valence-corrected chi connectivity index (χ2v) is 7.45. The van der Waals surface area contributed by atoms with Crippen LogP contribution in [0.15, 0.2) is 54.6 Å². The van der Waals surface area contributed by atoms with E-state index in [0.717, 1.165) is 25.1 Å². The quantitative estimate of drug-likeness (QED) is 0.805. The molecule has 5 heteroatoms. The van der Waals surface area contributed by atoms with E-state index in [1.165, 1.54) is 11.1 Å². The second kappa shape index (κ2) is 9.51. The third-order valence-corrected chi connectivity index (χ3v) is 5.31. The third kappa shape index (κ3) is 5.20. The lowest BCUT2D eigenvalue weighted by Gasteiger charge is -2.36. The fraction of sp³-hybridized carbons (Fsp3) is 0.391. The summed E-state index contributed by atoms with van der Waals surface area (Å²) in [7, 11) is 2.05. The Hall–Kier alpha value is -2.66. The Kier molecular flexibility index (Phi) is 6.82. The number of amides is 2. The first-order chi connectivity index (χ1) is 13.5. The smallest absolute Gasteiger partial charge is 0.222 e. The number of nitrogens with zero attached hydrogens (tertiary/aromatic N) is 2. The van der Waals surface area contributed by atoms with Gasteiger partial charge in [-0.05, 0) is 30.2 Å². The molecule has 0 radical (unpaired) electrons. The molecule has 1 heterocycles. The molecule has 2 amide bonds. The highest BCUT2D eigenvalue weighted by Crippen LogP contribution is 2.32. The molecule has 3 rings (SSSR count). The van der Waals surface area contributed by atoms with Crippen LogP contribution in [0.1, 0.15) is 36.1 Å². The van der Waals surface area contributed by atoms with Crippen LogP contribution in [0.3, 0.4) is 0 Å². The number of hydrogen-bond acceptors (Lipinski definition) is 3. The molecule has 0 bridgehead atoms. The van der Waals surface area contributed by atoms with Crippen LogP contribution in [0.25, 0.3) is 0 Å². The van der Waals surface area contributed by atoms with E-state index in [0.29, 0.717) is 19.5 Å². The summed E-state index contributed by atoms with van der Waals surface area (Å²) in [6, 6.07) is 18.2. The van der Waals surface area contributed by atoms with Crippen molar-refractivity contribution < 1.29 is 9.59 Å². The summed E-state index contributed by atoms with van der Waals surface area (Å²) in [6.45, 7) is 4.47. The largest absolute Gasteiger partial charge is 0.355 e. The van der Waals surface area contributed by atoms with Crippen molar-refractivity contribution in [3.05, 3.63) is 71.3 Å². The number of nitrogens with one attached hydrogen (secondary N) is 1. The zero-order chi connectivity index (χ0) is 19.9. The van der Waals surface area contributed by atoms with Crippen LogP contribution in [0.5, 0.6) is 0 Å². The Morgan fingerprint density at radius 1 is 1.11 bits per heavy atom. The van der Waals surface area contributed by atoms with Gasteiger partial charge in [-0.25, -0.2) is 0 Å². The lowest BCUT2D eigenvalue weighted by Crippen LogP contribution is -2.42. The Labute approximate surface area is 167 Å². The molecule has 2 aromatic carbocycles. The Morgan fingerprint density at radius 3 is 2.57 bits per heavy atom. The third-order valence-electron chi connectivity index (χ3n) is 5.31. The van der Waals surface area contributed by atoms with Crippen molar-refractivity contribution in [2.45, 2.75) is 32.4 Å². The van der Waals surface area contributed by atoms with E-state index in [4.69, 9.17) is 0 Å². The summed E-state index contributed by atoms with van der Waals surface area (Å²) in [4.78, 5) is 28.6. The van der Waals surface area contributed by atoms with Gasteiger partial charge in [0.15, 0.2) is 0 Å². The van der Waals surface area contributed by atoms with Gasteiger partial charge < -0.3 is 15.1 Å². The van der Waals surface area contributed by atoms with Crippen molar-refractivity contribution in [2.24, 2.45) is 0 Å². The van der Waals surface area contributed by atoms with Gasteiger partial charge in [-0.2, -0.15) is 0 Å². The predicted molar refractivity (Wildman–Crippen MR) is 111 cm³/mol. The summed E-state index contributed by atoms with van der Waals surface area (Å²) in [6.07, 6.45) is 1.15. The Bertz CT molecular complexity index is 807. The first-order valence-electron chi connectivity index (χ1n) is 9.89. The molecule has 0 aliphatic carbocycles. The number of hydrogen-bond donors (Lipinski definition) is 1. The van der Waals surface area contributed by atoms with Crippen molar-refractivity contribution >= 4 is 11.8 Å². The number of likely N-dealkylation sites (N-methyl/N-ethyl adjacent to an activating group) is 1. The fourth-order valence-electron chi connectivity index (χ4n) is 3.86. The standard InChI is InChI=1S/C23H29N3O2/c1-18(27)26-14-12-20-10-6-7-11-21(20)22(26)16-23(28)24-13-15-25(2)17-19-8-4-3-5-9-19/h3-11,22H,12-17H2,1-2H3,(H,24,28). The van der Waals surface area contributed by atoms with Gasteiger partial charge >= 0.3 is 0 Å². The van der Waals surface area contributed by atoms with Crippen LogP contribution in [0, 0.1) is 0 Å². The average Bonchev–Trinajstić information content (AvgIpc) is 2.68. The van der Waals surface area contributed by atoms with Crippen LogP contribution in [-0.4, -0.2) is 48.3 Å². The van der Waals surface area contributed by atoms with Crippen molar-refractivity contribution in [2.75, 3.05) is 26.7 Å². The summed E-state index contributed by atoms with van der Waals surface area (Å²) in [5.41, 5.74) is 3.59. The number of carbonyl (C=O) groups is 2. The molecule has 2 aromatic rings. The highest BCUT2D eigenvalue weighted by atomic mass is 16.2. The molecule has 148 valence electrons. The molecular formula is C23H29N3O2. The number of rotatable bonds is 7. The summed E-state index contributed by atoms with van der Waals surface area (Å²) in [5, 5.41) is 3.02. The lowest BCUT2D eigenvalue weighted by atomic mass is 9.90. The molecule has 0 saturated carbocycles. The van der Waals surface area contributed by atoms with Gasteiger partial charge in [0.1, 0.15) is 0 Å². The fourth-order valence-corrected chi connectivity index (χ4v) is 3.86. The van der Waals surface area contributed by atoms with Crippen LogP contribution in [0.2, 0.25) is 0 Å². The number of benzene rings is 2. The van der Waals surface area contributed by atoms with E-state index in [2.05, 4.69) is 28.4 Å². The molecule has 1 N–H and O–H groups in total. The van der Waals surface area contributed by atoms with Gasteiger partial charge in [-0.3, -0.25) is 9.59 Å². The normalized spacial score (nSPS) is 16.0. The molecule has 0 spiro atoms. The van der Waals surface area contributed by atoms with Gasteiger partial charge in [0, 0.05) is 33.1 Å². The second-order valence-electron chi connectivity index (χ2n) is 7.45. The van der Waals surface area contributed by atoms with E-state index in [9.17, 15) is 9.59 Å². The highest BCUT2D eigenvalue weighted by Gasteiger charge is 2.30. The first-order valence-corrected chi connectivity index (χ1v) is 9.89. The summed E-state index contributed by atoms with van der Waals surface area (Å²) in [5.74, 6) is 0.0101. The van der Waals surface area contributed by atoms with E-state index >= 15 is 0 Å². The zero-order valence-electron chi connectivity index (χ0n) is 16.7. The van der Waals surface area contributed by atoms with E-state index in [-0.39, 0.29) is 17.9 Å². The van der Waals surface area contributed by atoms with Crippen LogP contribution in [-0.2, 0) is 22.6 Å². The zero-order valence-corrected chi connectivity index (χ0v) is 16.7. The van der Waals surface area contributed by atoms with E-state index in [1.807, 2.05) is 48.3 Å². The average molecular weight is 380 g/mol. The summed E-state index contributed by atoms with van der Waals surface area (Å²) >= 11 is 0. The van der Waals surface area contributed by atoms with Crippen molar-refractivity contribution in [3.63, 3.8) is 0 Å². The SMILES string of the molecule is CC(=O)N1CCc2ccccc2C1CC(=O)NCCN(C)Cc1ccccc1. The van der Waals surface area contributed by atoms with E-state index < -0.39 is 0 Å². The Morgan fingerprint density at radius 2 is 1.82 bits per heavy atom. The number of fused-ring (bicyclic) bond motifs is 1. The topological polar surface area (TPSA) is 52.7 Å². The highest BCUT2D eigenvalue weighted by molar-refractivity contribution is 5.79. The molecule has 0 saturated heterocycles. The lowest BCUT2D eigenvalue weighted by molar-refractivity contribution is -0.133. The minimum absolute atomic E-state index is 0.0129. The van der Waals surface area contributed by atoms with E-state index in [1.54, 1.807) is 6.92 Å². The molecule has 1 aliphatic heterocycles. The van der Waals surface area contributed by atoms with Crippen LogP contribution >= 0.6 is 0 Å². The Balaban J connectivity index is 1.52. The monoisotopic (exact) mass is 379 g/mol. The van der Waals surface area contributed by atoms with Crippen molar-refractivity contribution in [1.82, 2.24) is 15.1 Å². The molecular weight excluding hydrogens is 350 g/mol. The minimum Gasteiger partial charge on any atom is -0.355 e. The predicted octanol–water partition coefficient (Wildman–Crippen LogP) is 2.77. The molecule has 1 atom stereocenters. The minimum atomic E-state index is -0.176. The molecule has 0 aromatic heterocycles. The van der Waals surface area contributed by atoms with Gasteiger partial charge in [-0.15, -0.1) is 0 Å². The molecule has 5 nitrogen and oxygen atoms in total. The van der Waals surface area contributed by atoms with Crippen molar-refractivity contribution in [1.29, 1.82) is 0 Å². The van der Waals surface area contributed by atoms with Crippen molar-refractivity contribution in [3.8, 4) is 0 Å². The van der Waals surface area contributed by atoms with Gasteiger partial charge in [0.05, 0.1) is 12.5 Å². The van der Waals surface area contributed by atoms with Gasteiger partial charge in [-0.1, -0.05) is 54.6 Å². The van der Waals surface area contributed by atoms with Gasteiger partial charge in [0.25, 0.3) is 0 Å². The van der Waals surface area contributed by atoms with Crippen LogP contribution < -0.4 is 5.32 Å².